The normalized spacial score (nSPS) is 21.5. The molecular weight excluding hydrogens is 224 g/mol. The molecule has 1 aliphatic heterocycles. The molecule has 1 aromatic heterocycles. The topological polar surface area (TPSA) is 41.1 Å². The zero-order chi connectivity index (χ0) is 11.5. The smallest absolute Gasteiger partial charge is 0.171 e. The van der Waals surface area contributed by atoms with Crippen LogP contribution in [0.1, 0.15) is 13.8 Å². The molecule has 4 nitrogen and oxygen atoms in total. The van der Waals surface area contributed by atoms with Crippen molar-refractivity contribution in [1.82, 2.24) is 15.3 Å². The summed E-state index contributed by atoms with van der Waals surface area (Å²) in [6, 6.07) is 0.492. The number of anilines is 1. The minimum atomic E-state index is 0.492. The van der Waals surface area contributed by atoms with E-state index in [2.05, 4.69) is 34.0 Å². The fourth-order valence-electron chi connectivity index (χ4n) is 1.94. The molecule has 0 radical (unpaired) electrons. The molecule has 0 saturated carbocycles. The van der Waals surface area contributed by atoms with Crippen LogP contribution in [0.2, 0.25) is 5.15 Å². The molecule has 16 heavy (non-hydrogen) atoms. The molecule has 88 valence electrons. The standard InChI is InChI=1S/C11H17ClN4/c1-8(2)9-7-16(6-5-13-9)11-10(12)14-3-4-15-11/h3-4,8-9,13H,5-7H2,1-2H3. The van der Waals surface area contributed by atoms with Crippen LogP contribution in [0.3, 0.4) is 0 Å². The van der Waals surface area contributed by atoms with Crippen molar-refractivity contribution in [1.29, 1.82) is 0 Å². The van der Waals surface area contributed by atoms with Gasteiger partial charge in [0.15, 0.2) is 11.0 Å². The molecule has 0 amide bonds. The molecule has 2 heterocycles. The lowest BCUT2D eigenvalue weighted by molar-refractivity contribution is 0.367. The van der Waals surface area contributed by atoms with E-state index in [1.165, 1.54) is 0 Å². The summed E-state index contributed by atoms with van der Waals surface area (Å²) < 4.78 is 0. The highest BCUT2D eigenvalue weighted by molar-refractivity contribution is 6.31. The number of hydrogen-bond donors (Lipinski definition) is 1. The van der Waals surface area contributed by atoms with Crippen LogP contribution >= 0.6 is 11.6 Å². The molecule has 1 N–H and O–H groups in total. The van der Waals surface area contributed by atoms with Crippen molar-refractivity contribution in [3.05, 3.63) is 17.5 Å². The second-order valence-electron chi connectivity index (χ2n) is 4.42. The average Bonchev–Trinajstić information content (AvgIpc) is 2.30. The van der Waals surface area contributed by atoms with Gasteiger partial charge in [0.2, 0.25) is 0 Å². The Balaban J connectivity index is 2.13. The molecule has 1 unspecified atom stereocenters. The lowest BCUT2D eigenvalue weighted by Gasteiger charge is -2.36. The van der Waals surface area contributed by atoms with Crippen molar-refractivity contribution in [2.45, 2.75) is 19.9 Å². The van der Waals surface area contributed by atoms with Crippen LogP contribution in [0.25, 0.3) is 0 Å². The lowest BCUT2D eigenvalue weighted by Crippen LogP contribution is -2.53. The third-order valence-corrected chi connectivity index (χ3v) is 3.21. The second-order valence-corrected chi connectivity index (χ2v) is 4.78. The summed E-state index contributed by atoms with van der Waals surface area (Å²) in [7, 11) is 0. The lowest BCUT2D eigenvalue weighted by atomic mass is 10.0. The van der Waals surface area contributed by atoms with Crippen molar-refractivity contribution in [3.8, 4) is 0 Å². The van der Waals surface area contributed by atoms with Crippen LogP contribution in [-0.4, -0.2) is 35.6 Å². The number of nitrogens with zero attached hydrogens (tertiary/aromatic N) is 3. The molecule has 1 saturated heterocycles. The van der Waals surface area contributed by atoms with E-state index in [1.54, 1.807) is 12.4 Å². The van der Waals surface area contributed by atoms with Gasteiger partial charge in [0.05, 0.1) is 0 Å². The Hall–Kier alpha value is -0.870. The molecule has 0 spiro atoms. The van der Waals surface area contributed by atoms with Gasteiger partial charge in [-0.05, 0) is 5.92 Å². The first-order valence-electron chi connectivity index (χ1n) is 5.63. The number of rotatable bonds is 2. The van der Waals surface area contributed by atoms with Gasteiger partial charge < -0.3 is 10.2 Å². The van der Waals surface area contributed by atoms with E-state index in [4.69, 9.17) is 11.6 Å². The van der Waals surface area contributed by atoms with Gasteiger partial charge in [-0.1, -0.05) is 25.4 Å². The Bertz CT molecular complexity index is 356. The minimum Gasteiger partial charge on any atom is -0.351 e. The van der Waals surface area contributed by atoms with E-state index < -0.39 is 0 Å². The Morgan fingerprint density at radius 1 is 1.44 bits per heavy atom. The molecule has 1 fully saturated rings. The number of piperazine rings is 1. The summed E-state index contributed by atoms with van der Waals surface area (Å²) in [5, 5.41) is 4.00. The van der Waals surface area contributed by atoms with Gasteiger partial charge in [0, 0.05) is 38.1 Å². The highest BCUT2D eigenvalue weighted by atomic mass is 35.5. The highest BCUT2D eigenvalue weighted by Crippen LogP contribution is 2.22. The molecule has 2 rings (SSSR count). The van der Waals surface area contributed by atoms with Crippen molar-refractivity contribution >= 4 is 17.4 Å². The first-order valence-corrected chi connectivity index (χ1v) is 6.01. The first kappa shape index (κ1) is 11.6. The molecule has 0 aliphatic carbocycles. The quantitative estimate of drug-likeness (QED) is 0.852. The van der Waals surface area contributed by atoms with Gasteiger partial charge in [-0.25, -0.2) is 9.97 Å². The maximum Gasteiger partial charge on any atom is 0.171 e. The molecule has 5 heteroatoms. The van der Waals surface area contributed by atoms with Crippen LogP contribution in [0, 0.1) is 5.92 Å². The number of halogens is 1. The molecule has 1 aromatic rings. The second kappa shape index (κ2) is 4.97. The fourth-order valence-corrected chi connectivity index (χ4v) is 2.17. The van der Waals surface area contributed by atoms with Crippen molar-refractivity contribution in [2.24, 2.45) is 5.92 Å². The maximum atomic E-state index is 6.05. The monoisotopic (exact) mass is 240 g/mol. The summed E-state index contributed by atoms with van der Waals surface area (Å²) in [6.45, 7) is 7.28. The summed E-state index contributed by atoms with van der Waals surface area (Å²) in [6.07, 6.45) is 3.31. The summed E-state index contributed by atoms with van der Waals surface area (Å²) in [5.74, 6) is 1.41. The number of hydrogen-bond acceptors (Lipinski definition) is 4. The van der Waals surface area contributed by atoms with Crippen LogP contribution in [0.4, 0.5) is 5.82 Å². The van der Waals surface area contributed by atoms with Crippen molar-refractivity contribution in [3.63, 3.8) is 0 Å². The number of aromatic nitrogens is 2. The molecule has 0 aromatic carbocycles. The molecule has 1 atom stereocenters. The van der Waals surface area contributed by atoms with Crippen molar-refractivity contribution < 1.29 is 0 Å². The Morgan fingerprint density at radius 2 is 2.19 bits per heavy atom. The molecule has 0 bridgehead atoms. The average molecular weight is 241 g/mol. The molecule has 1 aliphatic rings. The third kappa shape index (κ3) is 2.44. The zero-order valence-electron chi connectivity index (χ0n) is 9.65. The Kier molecular flexibility index (Phi) is 3.61. The van der Waals surface area contributed by atoms with Gasteiger partial charge in [-0.2, -0.15) is 0 Å². The van der Waals surface area contributed by atoms with Gasteiger partial charge in [0.25, 0.3) is 0 Å². The van der Waals surface area contributed by atoms with Crippen LogP contribution < -0.4 is 10.2 Å². The first-order chi connectivity index (χ1) is 7.68. The third-order valence-electron chi connectivity index (χ3n) is 2.95. The van der Waals surface area contributed by atoms with E-state index >= 15 is 0 Å². The van der Waals surface area contributed by atoms with Crippen LogP contribution in [0.15, 0.2) is 12.4 Å². The SMILES string of the molecule is CC(C)C1CN(c2nccnc2Cl)CCN1. The fraction of sp³-hybridized carbons (Fsp3) is 0.636. The van der Waals surface area contributed by atoms with E-state index in [0.29, 0.717) is 17.1 Å². The number of nitrogens with one attached hydrogen (secondary N) is 1. The maximum absolute atomic E-state index is 6.05. The Labute approximate surface area is 101 Å². The van der Waals surface area contributed by atoms with Gasteiger partial charge in [0.1, 0.15) is 0 Å². The largest absolute Gasteiger partial charge is 0.351 e. The van der Waals surface area contributed by atoms with E-state index in [9.17, 15) is 0 Å². The van der Waals surface area contributed by atoms with Crippen LogP contribution in [0.5, 0.6) is 0 Å². The van der Waals surface area contributed by atoms with E-state index in [-0.39, 0.29) is 0 Å². The summed E-state index contributed by atoms with van der Waals surface area (Å²) in [4.78, 5) is 10.6. The van der Waals surface area contributed by atoms with E-state index in [1.807, 2.05) is 0 Å². The van der Waals surface area contributed by atoms with Crippen LogP contribution in [-0.2, 0) is 0 Å². The summed E-state index contributed by atoms with van der Waals surface area (Å²) in [5.41, 5.74) is 0. The molecular formula is C11H17ClN4. The van der Waals surface area contributed by atoms with Crippen molar-refractivity contribution in [2.75, 3.05) is 24.5 Å². The predicted octanol–water partition coefficient (Wildman–Crippen LogP) is 1.56. The van der Waals surface area contributed by atoms with Gasteiger partial charge in [-0.15, -0.1) is 0 Å². The van der Waals surface area contributed by atoms with E-state index in [0.717, 1.165) is 25.5 Å². The zero-order valence-corrected chi connectivity index (χ0v) is 10.4. The van der Waals surface area contributed by atoms with Gasteiger partial charge in [-0.3, -0.25) is 0 Å². The summed E-state index contributed by atoms with van der Waals surface area (Å²) >= 11 is 6.05. The Morgan fingerprint density at radius 3 is 2.88 bits per heavy atom. The predicted molar refractivity (Wildman–Crippen MR) is 65.9 cm³/mol. The van der Waals surface area contributed by atoms with Gasteiger partial charge >= 0.3 is 0 Å². The minimum absolute atomic E-state index is 0.492. The highest BCUT2D eigenvalue weighted by Gasteiger charge is 2.23.